The Bertz CT molecular complexity index is 1130. The van der Waals surface area contributed by atoms with E-state index in [2.05, 4.69) is 30.5 Å². The van der Waals surface area contributed by atoms with E-state index in [4.69, 9.17) is 4.74 Å². The van der Waals surface area contributed by atoms with E-state index in [1.54, 1.807) is 6.07 Å². The first-order chi connectivity index (χ1) is 17.4. The van der Waals surface area contributed by atoms with E-state index in [9.17, 15) is 13.2 Å². The first-order valence-corrected chi connectivity index (χ1v) is 12.0. The summed E-state index contributed by atoms with van der Waals surface area (Å²) < 4.78 is 44.6. The van der Waals surface area contributed by atoms with E-state index in [0.29, 0.717) is 30.5 Å². The number of nitrogens with zero attached hydrogens (tertiary/aromatic N) is 5. The Morgan fingerprint density at radius 2 is 1.64 bits per heavy atom. The minimum atomic E-state index is -4.40. The van der Waals surface area contributed by atoms with Gasteiger partial charge < -0.3 is 25.2 Å². The molecule has 3 aromatic rings. The van der Waals surface area contributed by atoms with Gasteiger partial charge in [-0.3, -0.25) is 0 Å². The monoisotopic (exact) mass is 501 g/mol. The van der Waals surface area contributed by atoms with Crippen LogP contribution in [0.4, 0.5) is 42.4 Å². The Labute approximate surface area is 208 Å². The van der Waals surface area contributed by atoms with Crippen molar-refractivity contribution in [1.82, 2.24) is 15.0 Å². The van der Waals surface area contributed by atoms with E-state index >= 15 is 0 Å². The van der Waals surface area contributed by atoms with Crippen LogP contribution in [0.15, 0.2) is 48.5 Å². The molecule has 0 radical (unpaired) electrons. The number of nitrogens with one attached hydrogen (secondary N) is 2. The summed E-state index contributed by atoms with van der Waals surface area (Å²) in [6, 6.07) is 13.2. The summed E-state index contributed by atoms with van der Waals surface area (Å²) in [4.78, 5) is 17.8. The zero-order chi connectivity index (χ0) is 25.5. The number of ether oxygens (including phenoxy) is 1. The molecule has 1 aliphatic rings. The van der Waals surface area contributed by atoms with Crippen molar-refractivity contribution in [2.75, 3.05) is 59.8 Å². The Balaban J connectivity index is 1.52. The fraction of sp³-hybridized carbons (Fsp3) is 0.400. The van der Waals surface area contributed by atoms with Crippen molar-refractivity contribution >= 4 is 29.2 Å². The predicted molar refractivity (Wildman–Crippen MR) is 135 cm³/mol. The van der Waals surface area contributed by atoms with Crippen molar-refractivity contribution in [3.05, 3.63) is 59.7 Å². The Hall–Kier alpha value is -3.60. The molecule has 36 heavy (non-hydrogen) atoms. The average molecular weight is 502 g/mol. The van der Waals surface area contributed by atoms with Crippen LogP contribution in [0.2, 0.25) is 0 Å². The predicted octanol–water partition coefficient (Wildman–Crippen LogP) is 4.93. The first kappa shape index (κ1) is 25.5. The maximum absolute atomic E-state index is 13.1. The van der Waals surface area contributed by atoms with Gasteiger partial charge in [-0.2, -0.15) is 28.1 Å². The number of halogens is 3. The second kappa shape index (κ2) is 11.4. The Morgan fingerprint density at radius 3 is 2.31 bits per heavy atom. The fourth-order valence-corrected chi connectivity index (χ4v) is 3.89. The summed E-state index contributed by atoms with van der Waals surface area (Å²) in [7, 11) is 0. The summed E-state index contributed by atoms with van der Waals surface area (Å²) in [6.07, 6.45) is -4.40. The molecule has 0 saturated carbocycles. The van der Waals surface area contributed by atoms with Gasteiger partial charge in [0.25, 0.3) is 0 Å². The van der Waals surface area contributed by atoms with Crippen LogP contribution in [0.1, 0.15) is 25.0 Å². The van der Waals surface area contributed by atoms with Crippen molar-refractivity contribution < 1.29 is 17.9 Å². The molecule has 1 aromatic heterocycles. The highest BCUT2D eigenvalue weighted by Crippen LogP contribution is 2.29. The maximum Gasteiger partial charge on any atom is 0.416 e. The number of anilines is 5. The molecule has 1 aliphatic heterocycles. The van der Waals surface area contributed by atoms with Gasteiger partial charge in [-0.05, 0) is 55.8 Å². The molecule has 192 valence electrons. The number of alkyl halides is 3. The topological polar surface area (TPSA) is 78.4 Å². The van der Waals surface area contributed by atoms with Gasteiger partial charge in [-0.15, -0.1) is 0 Å². The second-order valence-corrected chi connectivity index (χ2v) is 8.28. The van der Waals surface area contributed by atoms with Gasteiger partial charge >= 0.3 is 6.18 Å². The van der Waals surface area contributed by atoms with Gasteiger partial charge in [-0.1, -0.05) is 12.1 Å². The van der Waals surface area contributed by atoms with Crippen LogP contribution in [0.5, 0.6) is 0 Å². The number of hydrogen-bond donors (Lipinski definition) is 2. The molecule has 2 aromatic carbocycles. The van der Waals surface area contributed by atoms with Crippen molar-refractivity contribution in [2.24, 2.45) is 0 Å². The molecule has 1 saturated heterocycles. The zero-order valence-electron chi connectivity index (χ0n) is 20.3. The smallest absolute Gasteiger partial charge is 0.378 e. The Kier molecular flexibility index (Phi) is 8.09. The van der Waals surface area contributed by atoms with Crippen LogP contribution in [-0.2, 0) is 17.5 Å². The van der Waals surface area contributed by atoms with Crippen LogP contribution >= 0.6 is 0 Å². The molecule has 11 heteroatoms. The van der Waals surface area contributed by atoms with E-state index in [0.717, 1.165) is 49.8 Å². The molecule has 0 spiro atoms. The summed E-state index contributed by atoms with van der Waals surface area (Å²) >= 11 is 0. The van der Waals surface area contributed by atoms with Gasteiger partial charge in [0.05, 0.1) is 18.8 Å². The Morgan fingerprint density at radius 1 is 0.944 bits per heavy atom. The van der Waals surface area contributed by atoms with Gasteiger partial charge in [0.15, 0.2) is 0 Å². The lowest BCUT2D eigenvalue weighted by Crippen LogP contribution is -2.36. The maximum atomic E-state index is 13.1. The second-order valence-electron chi connectivity index (χ2n) is 8.28. The van der Waals surface area contributed by atoms with Crippen LogP contribution in [0.3, 0.4) is 0 Å². The highest BCUT2D eigenvalue weighted by atomic mass is 19.4. The minimum absolute atomic E-state index is 0.138. The van der Waals surface area contributed by atoms with Crippen LogP contribution in [0.25, 0.3) is 0 Å². The number of rotatable bonds is 9. The molecule has 8 nitrogen and oxygen atoms in total. The van der Waals surface area contributed by atoms with E-state index < -0.39 is 11.7 Å². The number of aromatic nitrogens is 3. The first-order valence-electron chi connectivity index (χ1n) is 12.0. The minimum Gasteiger partial charge on any atom is -0.378 e. The standard InChI is InChI=1S/C25H30F3N7O/c1-3-34(4-2)24-32-22(29-17-18-6-5-7-19(16-18)25(26,27)28)31-23(33-24)30-20-8-10-21(11-9-20)35-12-14-36-15-13-35/h5-11,16H,3-4,12-15,17H2,1-2H3,(H2,29,30,31,32,33). The van der Waals surface area contributed by atoms with Crippen LogP contribution < -0.4 is 20.4 Å². The quantitative estimate of drug-likeness (QED) is 0.428. The number of benzene rings is 2. The molecule has 0 aliphatic carbocycles. The van der Waals surface area contributed by atoms with Crippen molar-refractivity contribution in [3.8, 4) is 0 Å². The van der Waals surface area contributed by atoms with Crippen LogP contribution in [0, 0.1) is 0 Å². The van der Waals surface area contributed by atoms with Gasteiger partial charge in [0, 0.05) is 44.1 Å². The molecule has 4 rings (SSSR count). The molecule has 0 amide bonds. The summed E-state index contributed by atoms with van der Waals surface area (Å²) in [5.41, 5.74) is 1.71. The third-order valence-electron chi connectivity index (χ3n) is 5.87. The lowest BCUT2D eigenvalue weighted by Gasteiger charge is -2.28. The largest absolute Gasteiger partial charge is 0.416 e. The third-order valence-corrected chi connectivity index (χ3v) is 5.87. The van der Waals surface area contributed by atoms with E-state index in [1.807, 2.05) is 43.0 Å². The average Bonchev–Trinajstić information content (AvgIpc) is 2.89. The van der Waals surface area contributed by atoms with E-state index in [-0.39, 0.29) is 12.5 Å². The van der Waals surface area contributed by atoms with Crippen molar-refractivity contribution in [3.63, 3.8) is 0 Å². The SMILES string of the molecule is CCN(CC)c1nc(NCc2cccc(C(F)(F)F)c2)nc(Nc2ccc(N3CCOCC3)cc2)n1. The summed E-state index contributed by atoms with van der Waals surface area (Å²) in [6.45, 7) is 8.68. The van der Waals surface area contributed by atoms with Crippen molar-refractivity contribution in [2.45, 2.75) is 26.6 Å². The lowest BCUT2D eigenvalue weighted by atomic mass is 10.1. The fourth-order valence-electron chi connectivity index (χ4n) is 3.89. The summed E-state index contributed by atoms with van der Waals surface area (Å²) in [5, 5.41) is 6.27. The van der Waals surface area contributed by atoms with E-state index in [1.165, 1.54) is 6.07 Å². The van der Waals surface area contributed by atoms with Gasteiger partial charge in [-0.25, -0.2) is 0 Å². The third kappa shape index (κ3) is 6.54. The molecular formula is C25H30F3N7O. The molecule has 2 heterocycles. The van der Waals surface area contributed by atoms with Gasteiger partial charge in [0.2, 0.25) is 17.8 Å². The molecule has 0 unspecified atom stereocenters. The highest BCUT2D eigenvalue weighted by Gasteiger charge is 2.30. The normalized spacial score (nSPS) is 14.0. The molecule has 0 bridgehead atoms. The molecule has 2 N–H and O–H groups in total. The van der Waals surface area contributed by atoms with Crippen LogP contribution in [-0.4, -0.2) is 54.3 Å². The number of hydrogen-bond acceptors (Lipinski definition) is 8. The van der Waals surface area contributed by atoms with Crippen molar-refractivity contribution in [1.29, 1.82) is 0 Å². The summed E-state index contributed by atoms with van der Waals surface area (Å²) in [5.74, 6) is 1.10. The van der Waals surface area contributed by atoms with Gasteiger partial charge in [0.1, 0.15) is 0 Å². The molecule has 1 fully saturated rings. The zero-order valence-corrected chi connectivity index (χ0v) is 20.3. The number of morpholine rings is 1. The molecular weight excluding hydrogens is 471 g/mol. The lowest BCUT2D eigenvalue weighted by molar-refractivity contribution is -0.137. The highest BCUT2D eigenvalue weighted by molar-refractivity contribution is 5.60. The molecule has 0 atom stereocenters.